The molecule has 4 atom stereocenters. The minimum absolute atomic E-state index is 0.0288. The van der Waals surface area contributed by atoms with Crippen molar-refractivity contribution in [2.45, 2.75) is 49.9 Å². The Balaban J connectivity index is 1.89. The van der Waals surface area contributed by atoms with Crippen LogP contribution in [-0.4, -0.2) is 81.0 Å². The van der Waals surface area contributed by atoms with Gasteiger partial charge >= 0.3 is 11.9 Å². The maximum atomic E-state index is 13.6. The van der Waals surface area contributed by atoms with E-state index in [1.54, 1.807) is 36.5 Å². The van der Waals surface area contributed by atoms with Crippen LogP contribution in [0.1, 0.15) is 24.0 Å². The number of hydrogen-bond acceptors (Lipinski definition) is 7. The van der Waals surface area contributed by atoms with Crippen molar-refractivity contribution < 1.29 is 34.2 Å². The topological polar surface area (TPSA) is 204 Å². The molecule has 42 heavy (non-hydrogen) atoms. The van der Waals surface area contributed by atoms with Crippen molar-refractivity contribution in [1.29, 1.82) is 0 Å². The molecule has 224 valence electrons. The van der Waals surface area contributed by atoms with Crippen molar-refractivity contribution in [3.8, 4) is 0 Å². The smallest absolute Gasteiger partial charge is 0.326 e. The van der Waals surface area contributed by atoms with Crippen LogP contribution in [0, 0.1) is 0 Å². The number of hydrogen-bond donors (Lipinski definition) is 7. The van der Waals surface area contributed by atoms with Crippen LogP contribution in [0.25, 0.3) is 10.9 Å². The Bertz CT molecular complexity index is 1400. The van der Waals surface area contributed by atoms with Crippen molar-refractivity contribution in [3.63, 3.8) is 0 Å². The first-order chi connectivity index (χ1) is 20.1. The first-order valence-electron chi connectivity index (χ1n) is 13.3. The van der Waals surface area contributed by atoms with Crippen LogP contribution in [0.15, 0.2) is 60.8 Å². The lowest BCUT2D eigenvalue weighted by molar-refractivity contribution is -0.142. The lowest BCUT2D eigenvalue weighted by Gasteiger charge is -2.25. The Morgan fingerprint density at radius 3 is 2.07 bits per heavy atom. The molecule has 1 heterocycles. The van der Waals surface area contributed by atoms with Crippen LogP contribution in [0.3, 0.4) is 0 Å². The number of H-pyrrole nitrogens is 1. The molecule has 13 heteroatoms. The summed E-state index contributed by atoms with van der Waals surface area (Å²) in [7, 11) is 0. The highest BCUT2D eigenvalue weighted by Gasteiger charge is 2.31. The van der Waals surface area contributed by atoms with Crippen LogP contribution in [0.2, 0.25) is 0 Å². The van der Waals surface area contributed by atoms with E-state index in [1.807, 2.05) is 30.5 Å². The summed E-state index contributed by atoms with van der Waals surface area (Å²) < 4.78 is 0. The summed E-state index contributed by atoms with van der Waals surface area (Å²) in [4.78, 5) is 65.8. The van der Waals surface area contributed by atoms with Crippen LogP contribution < -0.4 is 21.7 Å². The van der Waals surface area contributed by atoms with Gasteiger partial charge in [-0.15, -0.1) is 0 Å². The molecule has 0 aliphatic rings. The summed E-state index contributed by atoms with van der Waals surface area (Å²) in [6.45, 7) is 0. The van der Waals surface area contributed by atoms with E-state index in [9.17, 15) is 29.1 Å². The molecule has 2 aromatic carbocycles. The molecule has 3 rings (SSSR count). The van der Waals surface area contributed by atoms with Gasteiger partial charge in [-0.3, -0.25) is 19.2 Å². The number of carboxylic acids is 2. The number of carbonyl (C=O) groups excluding carboxylic acids is 3. The predicted octanol–water partition coefficient (Wildman–Crippen LogP) is 1.05. The van der Waals surface area contributed by atoms with Crippen molar-refractivity contribution in [1.82, 2.24) is 20.9 Å². The Kier molecular flexibility index (Phi) is 11.9. The molecular formula is C29H35N5O7S. The minimum Gasteiger partial charge on any atom is -0.481 e. The van der Waals surface area contributed by atoms with Crippen molar-refractivity contribution in [2.75, 3.05) is 12.0 Å². The number of thioether (sulfide) groups is 1. The average molecular weight is 598 g/mol. The molecule has 0 saturated carbocycles. The third-order valence-electron chi connectivity index (χ3n) is 6.60. The van der Waals surface area contributed by atoms with E-state index in [0.29, 0.717) is 16.9 Å². The Hall–Kier alpha value is -4.36. The summed E-state index contributed by atoms with van der Waals surface area (Å²) in [5, 5.41) is 27.3. The lowest BCUT2D eigenvalue weighted by Crippen LogP contribution is -2.58. The SMILES string of the molecule is CSCCC(NC(=O)C(Cc1c[nH]c2ccccc12)NC(=O)C(Cc1ccccc1)NC(=O)C(N)CC(=O)O)C(=O)O. The summed E-state index contributed by atoms with van der Waals surface area (Å²) >= 11 is 1.44. The van der Waals surface area contributed by atoms with E-state index in [2.05, 4.69) is 20.9 Å². The highest BCUT2D eigenvalue weighted by molar-refractivity contribution is 7.98. The second-order valence-corrected chi connectivity index (χ2v) is 10.7. The third-order valence-corrected chi connectivity index (χ3v) is 7.25. The van der Waals surface area contributed by atoms with Crippen molar-refractivity contribution in [2.24, 2.45) is 5.73 Å². The number of nitrogens with two attached hydrogens (primary N) is 1. The molecule has 0 saturated heterocycles. The number of amides is 3. The number of rotatable bonds is 16. The zero-order valence-corrected chi connectivity index (χ0v) is 23.9. The van der Waals surface area contributed by atoms with Crippen molar-refractivity contribution >= 4 is 52.3 Å². The first-order valence-corrected chi connectivity index (χ1v) is 14.7. The molecule has 0 bridgehead atoms. The maximum absolute atomic E-state index is 13.6. The van der Waals surface area contributed by atoms with E-state index in [-0.39, 0.29) is 19.3 Å². The number of aromatic nitrogens is 1. The molecule has 0 aliphatic carbocycles. The molecule has 1 aromatic heterocycles. The van der Waals surface area contributed by atoms with E-state index >= 15 is 0 Å². The summed E-state index contributed by atoms with van der Waals surface area (Å²) in [6.07, 6.45) is 3.15. The Morgan fingerprint density at radius 2 is 1.43 bits per heavy atom. The number of benzene rings is 2. The molecular weight excluding hydrogens is 562 g/mol. The van der Waals surface area contributed by atoms with E-state index in [1.165, 1.54) is 11.8 Å². The Morgan fingerprint density at radius 1 is 0.833 bits per heavy atom. The molecule has 4 unspecified atom stereocenters. The standard InChI is InChI=1S/C29H35N5O7S/c1-42-12-11-22(29(40)41)32-28(39)24(14-18-16-31-21-10-6-5-9-19(18)21)34-27(38)23(13-17-7-3-2-4-8-17)33-26(37)20(30)15-25(35)36/h2-10,16,20,22-24,31H,11-15,30H2,1H3,(H,32,39)(H,33,37)(H,34,38)(H,35,36)(H,40,41). The van der Waals surface area contributed by atoms with Crippen LogP contribution in [0.4, 0.5) is 0 Å². The monoisotopic (exact) mass is 597 g/mol. The molecule has 0 aliphatic heterocycles. The second kappa shape index (κ2) is 15.6. The molecule has 3 amide bonds. The quantitative estimate of drug-likeness (QED) is 0.126. The number of nitrogens with one attached hydrogen (secondary N) is 4. The summed E-state index contributed by atoms with van der Waals surface area (Å²) in [5.41, 5.74) is 7.96. The first kappa shape index (κ1) is 32.2. The van der Waals surface area contributed by atoms with E-state index < -0.39 is 60.2 Å². The fraction of sp³-hybridized carbons (Fsp3) is 0.345. The van der Waals surface area contributed by atoms with Gasteiger partial charge in [0.1, 0.15) is 18.1 Å². The number of para-hydroxylation sites is 1. The second-order valence-electron chi connectivity index (χ2n) is 9.76. The highest BCUT2D eigenvalue weighted by atomic mass is 32.2. The fourth-order valence-electron chi connectivity index (χ4n) is 4.39. The summed E-state index contributed by atoms with van der Waals surface area (Å²) in [6, 6.07) is 11.3. The largest absolute Gasteiger partial charge is 0.481 e. The number of aliphatic carboxylic acids is 2. The van der Waals surface area contributed by atoms with Gasteiger partial charge in [0.05, 0.1) is 12.5 Å². The summed E-state index contributed by atoms with van der Waals surface area (Å²) in [5.74, 6) is -4.23. The fourth-order valence-corrected chi connectivity index (χ4v) is 4.86. The van der Waals surface area contributed by atoms with Gasteiger partial charge in [-0.2, -0.15) is 11.8 Å². The highest BCUT2D eigenvalue weighted by Crippen LogP contribution is 2.19. The van der Waals surface area contributed by atoms with Gasteiger partial charge in [-0.05, 0) is 35.6 Å². The van der Waals surface area contributed by atoms with E-state index in [4.69, 9.17) is 10.8 Å². The van der Waals surface area contributed by atoms with Crippen LogP contribution in [0.5, 0.6) is 0 Å². The van der Waals surface area contributed by atoms with Crippen LogP contribution >= 0.6 is 11.8 Å². The minimum atomic E-state index is -1.40. The normalized spacial score (nSPS) is 13.9. The van der Waals surface area contributed by atoms with Gasteiger partial charge < -0.3 is 36.9 Å². The van der Waals surface area contributed by atoms with Gasteiger partial charge in [-0.25, -0.2) is 4.79 Å². The van der Waals surface area contributed by atoms with Gasteiger partial charge in [0, 0.05) is 29.9 Å². The van der Waals surface area contributed by atoms with Crippen molar-refractivity contribution in [3.05, 3.63) is 71.9 Å². The molecule has 0 radical (unpaired) electrons. The number of carbonyl (C=O) groups is 5. The van der Waals surface area contributed by atoms with Crippen LogP contribution in [-0.2, 0) is 36.8 Å². The number of aromatic amines is 1. The zero-order valence-electron chi connectivity index (χ0n) is 23.0. The zero-order chi connectivity index (χ0) is 30.6. The molecule has 0 spiro atoms. The molecule has 3 aromatic rings. The third kappa shape index (κ3) is 9.35. The Labute approximate surface area is 246 Å². The molecule has 0 fully saturated rings. The molecule has 12 nitrogen and oxygen atoms in total. The lowest BCUT2D eigenvalue weighted by atomic mass is 10.0. The van der Waals surface area contributed by atoms with E-state index in [0.717, 1.165) is 10.9 Å². The molecule has 8 N–H and O–H groups in total. The number of carboxylic acid groups (broad SMARTS) is 2. The van der Waals surface area contributed by atoms with Gasteiger partial charge in [0.25, 0.3) is 0 Å². The maximum Gasteiger partial charge on any atom is 0.326 e. The number of fused-ring (bicyclic) bond motifs is 1. The average Bonchev–Trinajstić information content (AvgIpc) is 3.37. The van der Waals surface area contributed by atoms with Gasteiger partial charge in [0.2, 0.25) is 17.7 Å². The predicted molar refractivity (Wildman–Crippen MR) is 159 cm³/mol. The van der Waals surface area contributed by atoms with Gasteiger partial charge in [-0.1, -0.05) is 48.5 Å². The van der Waals surface area contributed by atoms with Gasteiger partial charge in [0.15, 0.2) is 0 Å².